The van der Waals surface area contributed by atoms with E-state index in [2.05, 4.69) is 38.3 Å². The molecule has 0 spiro atoms. The molecule has 7 heteroatoms. The van der Waals surface area contributed by atoms with Crippen LogP contribution in [0.15, 0.2) is 12.5 Å². The Kier molecular flexibility index (Phi) is 3.25. The van der Waals surface area contributed by atoms with Crippen molar-refractivity contribution >= 4 is 23.4 Å². The number of nitrogens with zero attached hydrogens (tertiary/aromatic N) is 5. The van der Waals surface area contributed by atoms with E-state index in [1.165, 1.54) is 5.69 Å². The van der Waals surface area contributed by atoms with Crippen molar-refractivity contribution in [1.29, 1.82) is 0 Å². The van der Waals surface area contributed by atoms with Crippen LogP contribution in [-0.4, -0.2) is 26.1 Å². The van der Waals surface area contributed by atoms with Gasteiger partial charge >= 0.3 is 0 Å². The van der Waals surface area contributed by atoms with Gasteiger partial charge in [0.2, 0.25) is 5.95 Å². The number of nitrogens with two attached hydrogens (primary N) is 1. The minimum Gasteiger partial charge on any atom is -0.368 e. The van der Waals surface area contributed by atoms with E-state index in [9.17, 15) is 0 Å². The van der Waals surface area contributed by atoms with Crippen molar-refractivity contribution in [2.75, 3.05) is 17.2 Å². The normalized spacial score (nSPS) is 14.7. The van der Waals surface area contributed by atoms with Crippen LogP contribution in [0.3, 0.4) is 0 Å². The van der Waals surface area contributed by atoms with Gasteiger partial charge in [0.1, 0.15) is 5.02 Å². The Labute approximate surface area is 122 Å². The second-order valence-electron chi connectivity index (χ2n) is 5.21. The van der Waals surface area contributed by atoms with Crippen molar-refractivity contribution in [3.63, 3.8) is 0 Å². The van der Waals surface area contributed by atoms with E-state index in [-0.39, 0.29) is 5.95 Å². The van der Waals surface area contributed by atoms with Gasteiger partial charge in [0.25, 0.3) is 0 Å². The molecule has 0 unspecified atom stereocenters. The topological polar surface area (TPSA) is 72.9 Å². The number of nitrogen functional groups attached to an aromatic ring is 1. The number of rotatable bonds is 2. The van der Waals surface area contributed by atoms with Gasteiger partial charge in [-0.25, -0.2) is 9.97 Å². The lowest BCUT2D eigenvalue weighted by atomic mass is 10.1. The molecule has 0 bridgehead atoms. The third kappa shape index (κ3) is 2.20. The van der Waals surface area contributed by atoms with Gasteiger partial charge < -0.3 is 15.2 Å². The van der Waals surface area contributed by atoms with Crippen molar-refractivity contribution in [3.05, 3.63) is 28.9 Å². The van der Waals surface area contributed by atoms with Crippen molar-refractivity contribution in [3.8, 4) is 0 Å². The molecule has 20 heavy (non-hydrogen) atoms. The minimum absolute atomic E-state index is 0.243. The van der Waals surface area contributed by atoms with Crippen LogP contribution in [0.1, 0.15) is 31.3 Å². The zero-order valence-electron chi connectivity index (χ0n) is 11.5. The summed E-state index contributed by atoms with van der Waals surface area (Å²) in [6, 6.07) is 0.386. The molecule has 0 amide bonds. The quantitative estimate of drug-likeness (QED) is 0.917. The van der Waals surface area contributed by atoms with E-state index in [1.807, 2.05) is 6.33 Å². The third-order valence-electron chi connectivity index (χ3n) is 3.54. The van der Waals surface area contributed by atoms with Gasteiger partial charge in [0.05, 0.1) is 30.5 Å². The Morgan fingerprint density at radius 1 is 1.35 bits per heavy atom. The predicted octanol–water partition coefficient (Wildman–Crippen LogP) is 2.05. The molecule has 0 aliphatic carbocycles. The molecular weight excluding hydrogens is 276 g/mol. The van der Waals surface area contributed by atoms with Gasteiger partial charge in [-0.1, -0.05) is 11.6 Å². The summed E-state index contributed by atoms with van der Waals surface area (Å²) in [5.41, 5.74) is 8.04. The zero-order valence-corrected chi connectivity index (χ0v) is 12.3. The highest BCUT2D eigenvalue weighted by atomic mass is 35.5. The molecule has 0 fully saturated rings. The summed E-state index contributed by atoms with van der Waals surface area (Å²) in [7, 11) is 0. The molecule has 0 aromatic carbocycles. The first kappa shape index (κ1) is 13.2. The lowest BCUT2D eigenvalue weighted by Crippen LogP contribution is -2.33. The molecule has 0 radical (unpaired) electrons. The highest BCUT2D eigenvalue weighted by Crippen LogP contribution is 2.29. The van der Waals surface area contributed by atoms with Crippen LogP contribution in [0.2, 0.25) is 5.02 Å². The summed E-state index contributed by atoms with van der Waals surface area (Å²) in [6.45, 7) is 5.87. The zero-order chi connectivity index (χ0) is 14.3. The maximum absolute atomic E-state index is 6.19. The van der Waals surface area contributed by atoms with Gasteiger partial charge in [-0.05, 0) is 13.8 Å². The number of hydrogen-bond donors (Lipinski definition) is 1. The second-order valence-corrected chi connectivity index (χ2v) is 5.62. The summed E-state index contributed by atoms with van der Waals surface area (Å²) >= 11 is 6.19. The molecule has 0 saturated carbocycles. The molecule has 3 rings (SSSR count). The Hall–Kier alpha value is -1.82. The molecular formula is C13H17ClN6. The first-order valence-electron chi connectivity index (χ1n) is 6.64. The molecule has 2 aromatic heterocycles. The summed E-state index contributed by atoms with van der Waals surface area (Å²) in [5.74, 6) is 0.939. The van der Waals surface area contributed by atoms with Crippen LogP contribution < -0.4 is 10.6 Å². The molecule has 1 aliphatic heterocycles. The highest BCUT2D eigenvalue weighted by Gasteiger charge is 2.24. The first-order chi connectivity index (χ1) is 9.56. The molecule has 106 valence electrons. The molecule has 2 N–H and O–H groups in total. The van der Waals surface area contributed by atoms with Crippen molar-refractivity contribution < 1.29 is 0 Å². The summed E-state index contributed by atoms with van der Waals surface area (Å²) < 4.78 is 2.19. The lowest BCUT2D eigenvalue weighted by molar-refractivity contribution is 0.555. The Bertz CT molecular complexity index is 636. The van der Waals surface area contributed by atoms with E-state index >= 15 is 0 Å². The number of halogens is 1. The lowest BCUT2D eigenvalue weighted by Gasteiger charge is -2.29. The van der Waals surface area contributed by atoms with E-state index in [0.29, 0.717) is 16.9 Å². The van der Waals surface area contributed by atoms with Crippen LogP contribution in [0.25, 0.3) is 0 Å². The Morgan fingerprint density at radius 2 is 2.15 bits per heavy atom. The smallest absolute Gasteiger partial charge is 0.222 e. The number of fused-ring (bicyclic) bond motifs is 1. The molecule has 0 saturated heterocycles. The largest absolute Gasteiger partial charge is 0.368 e. The predicted molar refractivity (Wildman–Crippen MR) is 78.8 cm³/mol. The fourth-order valence-corrected chi connectivity index (χ4v) is 2.74. The van der Waals surface area contributed by atoms with Crippen molar-refractivity contribution in [2.24, 2.45) is 0 Å². The van der Waals surface area contributed by atoms with Gasteiger partial charge in [0, 0.05) is 19.0 Å². The molecule has 1 aliphatic rings. The molecule has 6 nitrogen and oxygen atoms in total. The number of hydrogen-bond acceptors (Lipinski definition) is 5. The van der Waals surface area contributed by atoms with E-state index in [1.54, 1.807) is 6.20 Å². The van der Waals surface area contributed by atoms with Gasteiger partial charge in [-0.2, -0.15) is 4.98 Å². The third-order valence-corrected chi connectivity index (χ3v) is 3.81. The van der Waals surface area contributed by atoms with Crippen molar-refractivity contribution in [1.82, 2.24) is 19.5 Å². The van der Waals surface area contributed by atoms with Crippen molar-refractivity contribution in [2.45, 2.75) is 32.9 Å². The summed E-state index contributed by atoms with van der Waals surface area (Å²) in [5, 5.41) is 0.526. The monoisotopic (exact) mass is 292 g/mol. The van der Waals surface area contributed by atoms with Gasteiger partial charge in [-0.15, -0.1) is 0 Å². The first-order valence-corrected chi connectivity index (χ1v) is 7.01. The average molecular weight is 293 g/mol. The standard InChI is InChI=1S/C13H17ClN6/c1-8(2)20-7-17-10-3-4-19(6-11(10)20)12-9(14)5-16-13(15)18-12/h5,7-8H,3-4,6H2,1-2H3,(H2,15,16,18). The number of anilines is 2. The molecule has 0 atom stereocenters. The van der Waals surface area contributed by atoms with Crippen LogP contribution in [0.5, 0.6) is 0 Å². The maximum Gasteiger partial charge on any atom is 0.222 e. The summed E-state index contributed by atoms with van der Waals surface area (Å²) in [6.07, 6.45) is 4.35. The number of imidazole rings is 1. The second kappa shape index (κ2) is 4.94. The Morgan fingerprint density at radius 3 is 2.90 bits per heavy atom. The fourth-order valence-electron chi connectivity index (χ4n) is 2.53. The summed E-state index contributed by atoms with van der Waals surface area (Å²) in [4.78, 5) is 14.8. The van der Waals surface area contributed by atoms with E-state index < -0.39 is 0 Å². The van der Waals surface area contributed by atoms with Crippen LogP contribution >= 0.6 is 11.6 Å². The maximum atomic E-state index is 6.19. The van der Waals surface area contributed by atoms with Gasteiger partial charge in [0.15, 0.2) is 5.82 Å². The fraction of sp³-hybridized carbons (Fsp3) is 0.462. The van der Waals surface area contributed by atoms with Gasteiger partial charge in [-0.3, -0.25) is 0 Å². The van der Waals surface area contributed by atoms with Crippen LogP contribution in [0, 0.1) is 0 Å². The number of aromatic nitrogens is 4. The van der Waals surface area contributed by atoms with Crippen LogP contribution in [0.4, 0.5) is 11.8 Å². The van der Waals surface area contributed by atoms with E-state index in [4.69, 9.17) is 17.3 Å². The van der Waals surface area contributed by atoms with E-state index in [0.717, 1.165) is 25.2 Å². The molecule has 3 heterocycles. The Balaban J connectivity index is 1.95. The molecule has 2 aromatic rings. The SMILES string of the molecule is CC(C)n1cnc2c1CN(c1nc(N)ncc1Cl)CC2. The average Bonchev–Trinajstić information content (AvgIpc) is 2.84. The highest BCUT2D eigenvalue weighted by molar-refractivity contribution is 6.32. The van der Waals surface area contributed by atoms with Crippen LogP contribution in [-0.2, 0) is 13.0 Å². The minimum atomic E-state index is 0.243.